The summed E-state index contributed by atoms with van der Waals surface area (Å²) >= 11 is 13.6. The van der Waals surface area contributed by atoms with Gasteiger partial charge in [0.1, 0.15) is 18.4 Å². The second-order valence-electron chi connectivity index (χ2n) is 7.36. The molecule has 2 aromatic carbocycles. The molecule has 8 heteroatoms. The quantitative estimate of drug-likeness (QED) is 0.490. The normalized spacial score (nSPS) is 13.4. The van der Waals surface area contributed by atoms with Crippen LogP contribution in [-0.4, -0.2) is 43.0 Å². The van der Waals surface area contributed by atoms with Crippen LogP contribution in [0.4, 0.5) is 0 Å². The van der Waals surface area contributed by atoms with Crippen LogP contribution in [0.15, 0.2) is 36.4 Å². The monoisotopic (exact) mass is 480 g/mol. The number of carbonyl (C=O) groups is 2. The molecule has 0 heterocycles. The van der Waals surface area contributed by atoms with Crippen LogP contribution in [0, 0.1) is 0 Å². The van der Waals surface area contributed by atoms with Gasteiger partial charge in [-0.05, 0) is 79.2 Å². The van der Waals surface area contributed by atoms with Crippen molar-refractivity contribution in [1.82, 2.24) is 10.6 Å². The average molecular weight is 481 g/mol. The number of ether oxygens (including phenoxy) is 1. The van der Waals surface area contributed by atoms with E-state index in [-0.39, 0.29) is 16.5 Å². The van der Waals surface area contributed by atoms with Gasteiger partial charge < -0.3 is 15.4 Å². The van der Waals surface area contributed by atoms with Gasteiger partial charge in [0.25, 0.3) is 5.91 Å². The topological polar surface area (TPSA) is 67.4 Å². The van der Waals surface area contributed by atoms with E-state index in [2.05, 4.69) is 22.8 Å². The first-order valence-electron chi connectivity index (χ1n) is 10.2. The largest absolute Gasteiger partial charge is 0.492 e. The fourth-order valence-electron chi connectivity index (χ4n) is 3.52. The fraction of sp³-hybridized carbons (Fsp3) is 0.391. The third-order valence-corrected chi connectivity index (χ3v) is 6.34. The molecule has 2 aromatic rings. The van der Waals surface area contributed by atoms with Crippen molar-refractivity contribution in [2.45, 2.75) is 31.7 Å². The molecule has 0 aromatic heterocycles. The standard InChI is InChI=1S/C23H26Cl2N2O3S/c1-31-12-9-21(27-22(28)19-8-6-17(24)14-20(19)25)23(29)26-10-11-30-18-7-5-15-3-2-4-16(15)13-18/h5-8,13-14,21H,2-4,9-12H2,1H3,(H,26,29)(H,27,28). The van der Waals surface area contributed by atoms with E-state index in [9.17, 15) is 9.59 Å². The van der Waals surface area contributed by atoms with Crippen molar-refractivity contribution in [1.29, 1.82) is 0 Å². The number of nitrogens with one attached hydrogen (secondary N) is 2. The van der Waals surface area contributed by atoms with E-state index in [1.54, 1.807) is 23.9 Å². The number of rotatable bonds is 10. The Morgan fingerprint density at radius 2 is 1.94 bits per heavy atom. The molecule has 1 aliphatic carbocycles. The smallest absolute Gasteiger partial charge is 0.253 e. The maximum absolute atomic E-state index is 12.7. The Hall–Kier alpha value is -1.89. The molecule has 0 saturated carbocycles. The third-order valence-electron chi connectivity index (χ3n) is 5.15. The summed E-state index contributed by atoms with van der Waals surface area (Å²) in [5.74, 6) is 0.903. The molecule has 3 rings (SSSR count). The van der Waals surface area contributed by atoms with Crippen molar-refractivity contribution in [2.75, 3.05) is 25.2 Å². The number of halogens is 2. The molecule has 166 valence electrons. The van der Waals surface area contributed by atoms with Crippen LogP contribution in [0.1, 0.15) is 34.3 Å². The lowest BCUT2D eigenvalue weighted by Crippen LogP contribution is -2.48. The van der Waals surface area contributed by atoms with Gasteiger partial charge >= 0.3 is 0 Å². The van der Waals surface area contributed by atoms with Gasteiger partial charge in [0.05, 0.1) is 17.1 Å². The summed E-state index contributed by atoms with van der Waals surface area (Å²) in [4.78, 5) is 25.3. The molecule has 31 heavy (non-hydrogen) atoms. The minimum absolute atomic E-state index is 0.245. The molecule has 0 bridgehead atoms. The van der Waals surface area contributed by atoms with Gasteiger partial charge in [-0.2, -0.15) is 11.8 Å². The Balaban J connectivity index is 1.51. The Kier molecular flexibility index (Phi) is 8.93. The van der Waals surface area contributed by atoms with Crippen molar-refractivity contribution in [2.24, 2.45) is 0 Å². The second-order valence-corrected chi connectivity index (χ2v) is 9.18. The number of hydrogen-bond donors (Lipinski definition) is 2. The highest BCUT2D eigenvalue weighted by atomic mass is 35.5. The van der Waals surface area contributed by atoms with Crippen LogP contribution in [0.5, 0.6) is 5.75 Å². The van der Waals surface area contributed by atoms with E-state index in [1.165, 1.54) is 23.6 Å². The molecule has 1 unspecified atom stereocenters. The third kappa shape index (κ3) is 6.79. The summed E-state index contributed by atoms with van der Waals surface area (Å²) in [5, 5.41) is 6.33. The lowest BCUT2D eigenvalue weighted by Gasteiger charge is -2.19. The van der Waals surface area contributed by atoms with Crippen molar-refractivity contribution in [3.63, 3.8) is 0 Å². The zero-order valence-electron chi connectivity index (χ0n) is 17.4. The number of aryl methyl sites for hydroxylation is 2. The van der Waals surface area contributed by atoms with Gasteiger partial charge in [-0.15, -0.1) is 0 Å². The van der Waals surface area contributed by atoms with Crippen LogP contribution < -0.4 is 15.4 Å². The summed E-state index contributed by atoms with van der Waals surface area (Å²) < 4.78 is 5.78. The van der Waals surface area contributed by atoms with E-state index in [0.717, 1.165) is 24.3 Å². The summed E-state index contributed by atoms with van der Waals surface area (Å²) in [6.45, 7) is 0.708. The van der Waals surface area contributed by atoms with E-state index in [0.29, 0.717) is 24.6 Å². The van der Waals surface area contributed by atoms with Crippen molar-refractivity contribution in [3.05, 3.63) is 63.1 Å². The van der Waals surface area contributed by atoms with E-state index >= 15 is 0 Å². The Morgan fingerprint density at radius 3 is 2.71 bits per heavy atom. The Morgan fingerprint density at radius 1 is 1.13 bits per heavy atom. The molecule has 1 atom stereocenters. The SMILES string of the molecule is CSCCC(NC(=O)c1ccc(Cl)cc1Cl)C(=O)NCCOc1ccc2c(c1)CCC2. The van der Waals surface area contributed by atoms with Gasteiger partial charge in [-0.1, -0.05) is 29.3 Å². The van der Waals surface area contributed by atoms with Crippen molar-refractivity contribution < 1.29 is 14.3 Å². The van der Waals surface area contributed by atoms with Crippen LogP contribution in [-0.2, 0) is 17.6 Å². The van der Waals surface area contributed by atoms with Gasteiger partial charge in [0.2, 0.25) is 5.91 Å². The number of hydrogen-bond acceptors (Lipinski definition) is 4. The average Bonchev–Trinajstić information content (AvgIpc) is 3.21. The molecule has 2 amide bonds. The molecular formula is C23H26Cl2N2O3S. The molecule has 5 nitrogen and oxygen atoms in total. The minimum Gasteiger partial charge on any atom is -0.492 e. The number of thioether (sulfide) groups is 1. The molecule has 1 aliphatic rings. The maximum atomic E-state index is 12.7. The molecule has 0 radical (unpaired) electrons. The highest BCUT2D eigenvalue weighted by molar-refractivity contribution is 7.98. The van der Waals surface area contributed by atoms with Gasteiger partial charge in [0, 0.05) is 5.02 Å². The van der Waals surface area contributed by atoms with Crippen molar-refractivity contribution in [3.8, 4) is 5.75 Å². The first-order chi connectivity index (χ1) is 15.0. The number of amides is 2. The van der Waals surface area contributed by atoms with Crippen LogP contribution in [0.2, 0.25) is 10.0 Å². The maximum Gasteiger partial charge on any atom is 0.253 e. The first kappa shape index (κ1) is 23.8. The zero-order chi connectivity index (χ0) is 22.2. The predicted octanol–water partition coefficient (Wildman–Crippen LogP) is 4.53. The highest BCUT2D eigenvalue weighted by Crippen LogP contribution is 2.26. The van der Waals surface area contributed by atoms with Gasteiger partial charge in [-0.3, -0.25) is 9.59 Å². The Labute approximate surface area is 197 Å². The molecular weight excluding hydrogens is 455 g/mol. The predicted molar refractivity (Wildman–Crippen MR) is 128 cm³/mol. The summed E-state index contributed by atoms with van der Waals surface area (Å²) in [5.41, 5.74) is 3.03. The van der Waals surface area contributed by atoms with Crippen LogP contribution in [0.25, 0.3) is 0 Å². The van der Waals surface area contributed by atoms with Crippen LogP contribution in [0.3, 0.4) is 0 Å². The molecule has 0 spiro atoms. The lowest BCUT2D eigenvalue weighted by atomic mass is 10.1. The number of benzene rings is 2. The van der Waals surface area contributed by atoms with E-state index in [1.807, 2.05) is 12.3 Å². The first-order valence-corrected chi connectivity index (χ1v) is 12.4. The molecule has 0 fully saturated rings. The second kappa shape index (κ2) is 11.7. The lowest BCUT2D eigenvalue weighted by molar-refractivity contribution is -0.123. The minimum atomic E-state index is -0.660. The number of carbonyl (C=O) groups excluding carboxylic acids is 2. The summed E-state index contributed by atoms with van der Waals surface area (Å²) in [6.07, 6.45) is 5.89. The highest BCUT2D eigenvalue weighted by Gasteiger charge is 2.22. The van der Waals surface area contributed by atoms with E-state index in [4.69, 9.17) is 27.9 Å². The summed E-state index contributed by atoms with van der Waals surface area (Å²) in [7, 11) is 0. The molecule has 0 aliphatic heterocycles. The number of fused-ring (bicyclic) bond motifs is 1. The molecule has 2 N–H and O–H groups in total. The summed E-state index contributed by atoms with van der Waals surface area (Å²) in [6, 6.07) is 10.2. The zero-order valence-corrected chi connectivity index (χ0v) is 19.7. The van der Waals surface area contributed by atoms with Gasteiger partial charge in [-0.25, -0.2) is 0 Å². The fourth-order valence-corrected chi connectivity index (χ4v) is 4.48. The molecule has 0 saturated heterocycles. The van der Waals surface area contributed by atoms with Crippen molar-refractivity contribution >= 4 is 46.8 Å². The van der Waals surface area contributed by atoms with Crippen LogP contribution >= 0.6 is 35.0 Å². The van der Waals surface area contributed by atoms with E-state index < -0.39 is 11.9 Å². The van der Waals surface area contributed by atoms with Gasteiger partial charge in [0.15, 0.2) is 0 Å². The Bertz CT molecular complexity index is 939.